The maximum absolute atomic E-state index is 15.3. The number of aromatic nitrogens is 1. The van der Waals surface area contributed by atoms with Gasteiger partial charge < -0.3 is 10.1 Å². The number of thioether (sulfide) groups is 1. The average Bonchev–Trinajstić information content (AvgIpc) is 2.97. The lowest BCUT2D eigenvalue weighted by molar-refractivity contribution is -0.132. The fraction of sp³-hybridized carbons (Fsp3) is 0.632. The Bertz CT molecular complexity index is 737. The molecule has 0 aromatic carbocycles. The second-order valence-corrected chi connectivity index (χ2v) is 8.73. The smallest absolute Gasteiger partial charge is 0.296 e. The van der Waals surface area contributed by atoms with Gasteiger partial charge in [-0.05, 0) is 38.7 Å². The maximum atomic E-state index is 15.3. The van der Waals surface area contributed by atoms with E-state index in [1.54, 1.807) is 0 Å². The quantitative estimate of drug-likeness (QED) is 0.812. The van der Waals surface area contributed by atoms with Crippen molar-refractivity contribution in [3.63, 3.8) is 0 Å². The van der Waals surface area contributed by atoms with Crippen LogP contribution >= 0.6 is 11.8 Å². The number of pyridine rings is 1. The molecule has 8 heteroatoms. The molecule has 3 rings (SSSR count). The fourth-order valence-corrected chi connectivity index (χ4v) is 4.78. The van der Waals surface area contributed by atoms with E-state index in [0.717, 1.165) is 24.6 Å². The zero-order valence-corrected chi connectivity index (χ0v) is 16.6. The fourth-order valence-electron chi connectivity index (χ4n) is 3.65. The number of amides is 1. The first-order valence-corrected chi connectivity index (χ1v) is 10.1. The summed E-state index contributed by atoms with van der Waals surface area (Å²) < 4.78 is 33.5. The predicted molar refractivity (Wildman–Crippen MR) is 102 cm³/mol. The van der Waals surface area contributed by atoms with Crippen LogP contribution in [0, 0.1) is 5.92 Å². The van der Waals surface area contributed by atoms with Crippen molar-refractivity contribution in [1.29, 1.82) is 0 Å². The molecule has 5 nitrogen and oxygen atoms in total. The molecule has 1 aromatic rings. The Morgan fingerprint density at radius 1 is 1.41 bits per heavy atom. The van der Waals surface area contributed by atoms with E-state index in [2.05, 4.69) is 15.3 Å². The van der Waals surface area contributed by atoms with Crippen LogP contribution in [0.25, 0.3) is 0 Å². The largest absolute Gasteiger partial charge is 0.481 e. The normalized spacial score (nSPS) is 26.9. The van der Waals surface area contributed by atoms with E-state index in [1.165, 1.54) is 51.6 Å². The Hall–Kier alpha value is -1.70. The number of amidine groups is 1. The topological polar surface area (TPSA) is 63.6 Å². The summed E-state index contributed by atoms with van der Waals surface area (Å²) >= 11 is 0.807. The lowest BCUT2D eigenvalue weighted by Gasteiger charge is -2.30. The van der Waals surface area contributed by atoms with Crippen molar-refractivity contribution >= 4 is 22.8 Å². The minimum Gasteiger partial charge on any atom is -0.481 e. The van der Waals surface area contributed by atoms with E-state index >= 15 is 8.78 Å². The molecule has 0 radical (unpaired) electrons. The summed E-state index contributed by atoms with van der Waals surface area (Å²) in [5.41, 5.74) is -0.305. The molecule has 1 saturated heterocycles. The number of nitrogens with zero attached hydrogens (tertiary/aromatic N) is 2. The van der Waals surface area contributed by atoms with Gasteiger partial charge in [0.15, 0.2) is 9.91 Å². The highest BCUT2D eigenvalue weighted by Gasteiger charge is 2.61. The molecule has 1 unspecified atom stereocenters. The van der Waals surface area contributed by atoms with Crippen molar-refractivity contribution in [2.45, 2.75) is 62.7 Å². The van der Waals surface area contributed by atoms with Crippen LogP contribution in [-0.4, -0.2) is 34.0 Å². The monoisotopic (exact) mass is 397 g/mol. The lowest BCUT2D eigenvalue weighted by atomic mass is 9.85. The number of methoxy groups -OCH3 is 1. The first kappa shape index (κ1) is 20.0. The van der Waals surface area contributed by atoms with Crippen molar-refractivity contribution in [3.8, 4) is 5.88 Å². The number of hydrogen-bond acceptors (Lipinski definition) is 5. The molecular formula is C19H25F2N3O2S. The average molecular weight is 397 g/mol. The molecule has 2 aliphatic rings. The Kier molecular flexibility index (Phi) is 5.74. The molecule has 1 saturated carbocycles. The molecule has 2 atom stereocenters. The number of alkyl halides is 2. The molecule has 1 aliphatic carbocycles. The van der Waals surface area contributed by atoms with Crippen LogP contribution in [0.5, 0.6) is 5.88 Å². The SMILES string of the molecule is COc1cc(C(F)(F)C2(C)SC(=N[C@@H](C)C3CCCCC3)NC2=O)ccn1. The number of ether oxygens (including phenoxy) is 1. The molecule has 0 spiro atoms. The minimum absolute atomic E-state index is 0.00471. The molecule has 0 bridgehead atoms. The Morgan fingerprint density at radius 2 is 2.11 bits per heavy atom. The number of nitrogens with one attached hydrogen (secondary N) is 1. The third kappa shape index (κ3) is 3.81. The van der Waals surface area contributed by atoms with Gasteiger partial charge in [-0.25, -0.2) is 4.98 Å². The Labute approximate surface area is 162 Å². The van der Waals surface area contributed by atoms with Crippen LogP contribution in [-0.2, 0) is 10.7 Å². The molecular weight excluding hydrogens is 372 g/mol. The van der Waals surface area contributed by atoms with Gasteiger partial charge in [0.2, 0.25) is 11.8 Å². The van der Waals surface area contributed by atoms with Crippen LogP contribution in [0.3, 0.4) is 0 Å². The summed E-state index contributed by atoms with van der Waals surface area (Å²) in [6.07, 6.45) is 7.05. The molecule has 27 heavy (non-hydrogen) atoms. The highest BCUT2D eigenvalue weighted by Crippen LogP contribution is 2.50. The molecule has 1 N–H and O–H groups in total. The van der Waals surface area contributed by atoms with Crippen molar-refractivity contribution in [1.82, 2.24) is 10.3 Å². The van der Waals surface area contributed by atoms with Crippen LogP contribution in [0.4, 0.5) is 8.78 Å². The second kappa shape index (κ2) is 7.73. The Morgan fingerprint density at radius 3 is 2.78 bits per heavy atom. The standard InChI is InChI=1S/C19H25F2N3O2S/c1-12(13-7-5-4-6-8-13)23-17-24-16(25)18(2,27-17)19(20,21)14-9-10-22-15(11-14)26-3/h9-13H,4-8H2,1-3H3,(H,23,24,25)/t12-,18?/m0/s1. The number of rotatable bonds is 5. The van der Waals surface area contributed by atoms with Crippen LogP contribution in [0.1, 0.15) is 51.5 Å². The number of carbonyl (C=O) groups is 1. The molecule has 1 amide bonds. The number of carbonyl (C=O) groups excluding carboxylic acids is 1. The zero-order chi connectivity index (χ0) is 19.7. The summed E-state index contributed by atoms with van der Waals surface area (Å²) in [6, 6.07) is 2.38. The van der Waals surface area contributed by atoms with Crippen molar-refractivity contribution < 1.29 is 18.3 Å². The minimum atomic E-state index is -3.41. The van der Waals surface area contributed by atoms with Crippen LogP contribution < -0.4 is 10.1 Å². The van der Waals surface area contributed by atoms with E-state index < -0.39 is 16.6 Å². The summed E-state index contributed by atoms with van der Waals surface area (Å²) in [5, 5.41) is 2.85. The highest BCUT2D eigenvalue weighted by atomic mass is 32.2. The number of aliphatic imine (C=N–C) groups is 1. The van der Waals surface area contributed by atoms with Crippen molar-refractivity contribution in [2.75, 3.05) is 7.11 Å². The molecule has 2 heterocycles. The molecule has 1 aromatic heterocycles. The van der Waals surface area contributed by atoms with Gasteiger partial charge in [-0.1, -0.05) is 31.0 Å². The third-order valence-electron chi connectivity index (χ3n) is 5.51. The van der Waals surface area contributed by atoms with Crippen molar-refractivity contribution in [3.05, 3.63) is 23.9 Å². The molecule has 148 valence electrons. The highest BCUT2D eigenvalue weighted by molar-refractivity contribution is 8.16. The molecule has 1 aliphatic heterocycles. The first-order valence-electron chi connectivity index (χ1n) is 9.24. The summed E-state index contributed by atoms with van der Waals surface area (Å²) in [5.74, 6) is -3.62. The zero-order valence-electron chi connectivity index (χ0n) is 15.8. The predicted octanol–water partition coefficient (Wildman–Crippen LogP) is 4.13. The second-order valence-electron chi connectivity index (χ2n) is 7.32. The van der Waals surface area contributed by atoms with E-state index in [-0.39, 0.29) is 22.7 Å². The van der Waals surface area contributed by atoms with Gasteiger partial charge in [0.1, 0.15) is 0 Å². The van der Waals surface area contributed by atoms with Gasteiger partial charge in [0.25, 0.3) is 5.92 Å². The maximum Gasteiger partial charge on any atom is 0.296 e. The third-order valence-corrected chi connectivity index (χ3v) is 6.76. The van der Waals surface area contributed by atoms with E-state index in [0.29, 0.717) is 5.92 Å². The van der Waals surface area contributed by atoms with Gasteiger partial charge in [-0.3, -0.25) is 9.79 Å². The lowest BCUT2D eigenvalue weighted by Crippen LogP contribution is -2.47. The molecule has 2 fully saturated rings. The summed E-state index contributed by atoms with van der Waals surface area (Å²) in [7, 11) is 1.36. The first-order chi connectivity index (χ1) is 12.8. The summed E-state index contributed by atoms with van der Waals surface area (Å²) in [6.45, 7) is 3.25. The van der Waals surface area contributed by atoms with Crippen LogP contribution in [0.2, 0.25) is 0 Å². The summed E-state index contributed by atoms with van der Waals surface area (Å²) in [4.78, 5) is 20.9. The number of hydrogen-bond donors (Lipinski definition) is 1. The van der Waals surface area contributed by atoms with Gasteiger partial charge in [-0.2, -0.15) is 8.78 Å². The van der Waals surface area contributed by atoms with Crippen LogP contribution in [0.15, 0.2) is 23.3 Å². The van der Waals surface area contributed by atoms with Gasteiger partial charge in [0, 0.05) is 17.8 Å². The van der Waals surface area contributed by atoms with E-state index in [1.807, 2.05) is 6.92 Å². The van der Waals surface area contributed by atoms with Crippen molar-refractivity contribution in [2.24, 2.45) is 10.9 Å². The van der Waals surface area contributed by atoms with Gasteiger partial charge in [0.05, 0.1) is 13.2 Å². The Balaban J connectivity index is 1.82. The van der Waals surface area contributed by atoms with E-state index in [9.17, 15) is 4.79 Å². The van der Waals surface area contributed by atoms with Gasteiger partial charge >= 0.3 is 0 Å². The number of halogens is 2. The van der Waals surface area contributed by atoms with E-state index in [4.69, 9.17) is 4.74 Å². The van der Waals surface area contributed by atoms with Gasteiger partial charge in [-0.15, -0.1) is 0 Å².